The van der Waals surface area contributed by atoms with Crippen LogP contribution in [-0.2, 0) is 27.4 Å². The molecule has 300 valence electrons. The molecule has 0 aliphatic carbocycles. The van der Waals surface area contributed by atoms with Gasteiger partial charge in [0, 0.05) is 48.7 Å². The molecular formula is C42H46F2N6O7. The summed E-state index contributed by atoms with van der Waals surface area (Å²) in [6.07, 6.45) is -3.16. The van der Waals surface area contributed by atoms with Gasteiger partial charge in [-0.3, -0.25) is 24.2 Å². The number of carbonyl (C=O) groups excluding carboxylic acids is 5. The van der Waals surface area contributed by atoms with Crippen LogP contribution in [0.25, 0.3) is 0 Å². The zero-order valence-corrected chi connectivity index (χ0v) is 31.4. The number of urea groups is 2. The van der Waals surface area contributed by atoms with Crippen LogP contribution < -0.4 is 20.9 Å². The van der Waals surface area contributed by atoms with Gasteiger partial charge in [0.05, 0.1) is 52.6 Å². The van der Waals surface area contributed by atoms with Gasteiger partial charge in [-0.15, -0.1) is 0 Å². The van der Waals surface area contributed by atoms with Gasteiger partial charge >= 0.3 is 18.5 Å². The SMILES string of the molecule is NCC(=O)c1ccc(CN(C(=O)N2CCOCC2)c2ccccc2)cc1.O=C(CNC(=O)C(F)F)c1ccc(CN(C(=O)N2CCOCC2)c2ccccc2)cc1. The summed E-state index contributed by atoms with van der Waals surface area (Å²) in [6, 6.07) is 32.4. The summed E-state index contributed by atoms with van der Waals surface area (Å²) >= 11 is 0. The number of Topliss-reactive ketones (excluding diaryl/α,β-unsaturated/α-hetero) is 2. The lowest BCUT2D eigenvalue weighted by Gasteiger charge is -2.33. The quantitative estimate of drug-likeness (QED) is 0.191. The van der Waals surface area contributed by atoms with Crippen molar-refractivity contribution in [2.75, 3.05) is 75.5 Å². The molecular weight excluding hydrogens is 738 g/mol. The fraction of sp³-hybridized carbons (Fsp3) is 0.310. The van der Waals surface area contributed by atoms with E-state index in [0.717, 1.165) is 22.5 Å². The van der Waals surface area contributed by atoms with Crippen LogP contribution in [0.4, 0.5) is 29.7 Å². The van der Waals surface area contributed by atoms with Crippen LogP contribution in [0.2, 0.25) is 0 Å². The molecule has 0 aromatic heterocycles. The summed E-state index contributed by atoms with van der Waals surface area (Å²) in [5.74, 6) is -2.06. The maximum Gasteiger partial charge on any atom is 0.324 e. The Kier molecular flexibility index (Phi) is 15.8. The standard InChI is InChI=1S/C22H23F2N3O4.C20H23N3O3/c23-20(24)21(29)25-14-19(28)17-8-6-16(7-9-17)15-27(18-4-2-1-3-5-18)22(30)26-10-12-31-13-11-26;21-14-19(24)17-8-6-16(7-9-17)15-23(18-4-2-1-3-5-18)20(25)22-10-12-26-13-11-22/h1-9,20H,10-15H2,(H,25,29);1-9H,10-15,21H2. The second-order valence-electron chi connectivity index (χ2n) is 13.1. The molecule has 0 unspecified atom stereocenters. The van der Waals surface area contributed by atoms with Crippen molar-refractivity contribution in [1.29, 1.82) is 0 Å². The van der Waals surface area contributed by atoms with E-state index in [4.69, 9.17) is 15.2 Å². The van der Waals surface area contributed by atoms with Crippen molar-refractivity contribution < 1.29 is 42.2 Å². The lowest BCUT2D eigenvalue weighted by atomic mass is 10.1. The normalized spacial score (nSPS) is 13.9. The van der Waals surface area contributed by atoms with Gasteiger partial charge in [0.15, 0.2) is 11.6 Å². The first-order valence-electron chi connectivity index (χ1n) is 18.5. The molecule has 13 nitrogen and oxygen atoms in total. The molecule has 2 aliphatic rings. The van der Waals surface area contributed by atoms with Crippen LogP contribution in [-0.4, -0.2) is 111 Å². The molecule has 0 saturated carbocycles. The molecule has 3 N–H and O–H groups in total. The average molecular weight is 785 g/mol. The minimum absolute atomic E-state index is 0.00892. The number of nitrogens with one attached hydrogen (secondary N) is 1. The van der Waals surface area contributed by atoms with Gasteiger partial charge in [0.1, 0.15) is 0 Å². The minimum Gasteiger partial charge on any atom is -0.378 e. The molecule has 0 bridgehead atoms. The molecule has 5 amide bonds. The van der Waals surface area contributed by atoms with Gasteiger partial charge in [-0.1, -0.05) is 84.9 Å². The molecule has 6 rings (SSSR count). The number of para-hydroxylation sites is 2. The molecule has 2 heterocycles. The summed E-state index contributed by atoms with van der Waals surface area (Å²) in [5, 5.41) is 1.89. The highest BCUT2D eigenvalue weighted by atomic mass is 19.3. The van der Waals surface area contributed by atoms with E-state index >= 15 is 0 Å². The van der Waals surface area contributed by atoms with Gasteiger partial charge in [0.25, 0.3) is 5.91 Å². The van der Waals surface area contributed by atoms with Gasteiger partial charge in [-0.2, -0.15) is 8.78 Å². The first kappa shape index (κ1) is 42.1. The smallest absolute Gasteiger partial charge is 0.324 e. The Balaban J connectivity index is 0.000000221. The second kappa shape index (κ2) is 21.3. The van der Waals surface area contributed by atoms with Crippen molar-refractivity contribution in [1.82, 2.24) is 15.1 Å². The number of carbonyl (C=O) groups is 5. The third-order valence-electron chi connectivity index (χ3n) is 9.20. The number of alkyl halides is 2. The Morgan fingerprint density at radius 1 is 0.596 bits per heavy atom. The lowest BCUT2D eigenvalue weighted by Crippen LogP contribution is -2.48. The van der Waals surface area contributed by atoms with Crippen molar-refractivity contribution >= 4 is 40.9 Å². The fourth-order valence-corrected chi connectivity index (χ4v) is 6.03. The third-order valence-corrected chi connectivity index (χ3v) is 9.20. The summed E-state index contributed by atoms with van der Waals surface area (Å²) in [4.78, 5) is 67.8. The van der Waals surface area contributed by atoms with Crippen molar-refractivity contribution in [3.63, 3.8) is 0 Å². The van der Waals surface area contributed by atoms with Crippen LogP contribution in [0.3, 0.4) is 0 Å². The summed E-state index contributed by atoms with van der Waals surface area (Å²) in [5.41, 5.74) is 9.59. The maximum atomic E-state index is 13.1. The van der Waals surface area contributed by atoms with Crippen LogP contribution in [0.5, 0.6) is 0 Å². The van der Waals surface area contributed by atoms with E-state index in [0.29, 0.717) is 64.7 Å². The van der Waals surface area contributed by atoms with Crippen LogP contribution in [0.1, 0.15) is 31.8 Å². The Morgan fingerprint density at radius 2 is 0.982 bits per heavy atom. The predicted octanol–water partition coefficient (Wildman–Crippen LogP) is 5.00. The number of anilines is 2. The molecule has 0 radical (unpaired) electrons. The molecule has 15 heteroatoms. The van der Waals surface area contributed by atoms with E-state index < -0.39 is 24.7 Å². The highest BCUT2D eigenvalue weighted by Crippen LogP contribution is 2.22. The molecule has 2 saturated heterocycles. The van der Waals surface area contributed by atoms with Gasteiger partial charge in [0.2, 0.25) is 0 Å². The van der Waals surface area contributed by atoms with Gasteiger partial charge in [-0.05, 0) is 35.4 Å². The monoisotopic (exact) mass is 784 g/mol. The number of hydrogen-bond acceptors (Lipinski definition) is 8. The number of benzene rings is 4. The predicted molar refractivity (Wildman–Crippen MR) is 210 cm³/mol. The highest BCUT2D eigenvalue weighted by molar-refractivity contribution is 6.00. The number of hydrogen-bond donors (Lipinski definition) is 2. The summed E-state index contributed by atoms with van der Waals surface area (Å²) in [6.45, 7) is 4.51. The van der Waals surface area contributed by atoms with Crippen LogP contribution >= 0.6 is 0 Å². The minimum atomic E-state index is -3.16. The van der Waals surface area contributed by atoms with Crippen LogP contribution in [0.15, 0.2) is 109 Å². The zero-order chi connectivity index (χ0) is 40.6. The molecule has 0 atom stereocenters. The Bertz CT molecular complexity index is 1920. The Labute approximate surface area is 329 Å². The van der Waals surface area contributed by atoms with Gasteiger partial charge < -0.3 is 30.3 Å². The van der Waals surface area contributed by atoms with Crippen molar-refractivity contribution in [2.45, 2.75) is 19.5 Å². The molecule has 2 aliphatic heterocycles. The van der Waals surface area contributed by atoms with E-state index in [1.165, 1.54) is 0 Å². The Hall–Kier alpha value is -6.03. The number of halogens is 2. The molecule has 2 fully saturated rings. The summed E-state index contributed by atoms with van der Waals surface area (Å²) < 4.78 is 35.1. The number of rotatable bonds is 12. The first-order valence-corrected chi connectivity index (χ1v) is 18.5. The van der Waals surface area contributed by atoms with Crippen molar-refractivity contribution in [3.8, 4) is 0 Å². The molecule has 4 aromatic rings. The van der Waals surface area contributed by atoms with E-state index in [1.807, 2.05) is 83.0 Å². The maximum absolute atomic E-state index is 13.1. The number of ketones is 2. The number of morpholine rings is 2. The number of nitrogens with zero attached hydrogens (tertiary/aromatic N) is 4. The molecule has 4 aromatic carbocycles. The van der Waals surface area contributed by atoms with Crippen molar-refractivity contribution in [3.05, 3.63) is 131 Å². The van der Waals surface area contributed by atoms with E-state index in [9.17, 15) is 32.8 Å². The third kappa shape index (κ3) is 12.2. The lowest BCUT2D eigenvalue weighted by molar-refractivity contribution is -0.131. The molecule has 0 spiro atoms. The number of ether oxygens (including phenoxy) is 2. The van der Waals surface area contributed by atoms with E-state index in [1.54, 1.807) is 51.1 Å². The first-order chi connectivity index (χ1) is 27.6. The second-order valence-corrected chi connectivity index (χ2v) is 13.1. The average Bonchev–Trinajstić information content (AvgIpc) is 3.27. The molecule has 57 heavy (non-hydrogen) atoms. The van der Waals surface area contributed by atoms with E-state index in [2.05, 4.69) is 0 Å². The fourth-order valence-electron chi connectivity index (χ4n) is 6.03. The zero-order valence-electron chi connectivity index (χ0n) is 31.4. The highest BCUT2D eigenvalue weighted by Gasteiger charge is 2.26. The van der Waals surface area contributed by atoms with E-state index in [-0.39, 0.29) is 36.5 Å². The topological polar surface area (TPSA) is 155 Å². The number of nitrogens with two attached hydrogens (primary N) is 1. The number of amides is 5. The Morgan fingerprint density at radius 3 is 1.35 bits per heavy atom. The largest absolute Gasteiger partial charge is 0.378 e. The summed E-state index contributed by atoms with van der Waals surface area (Å²) in [7, 11) is 0. The van der Waals surface area contributed by atoms with Gasteiger partial charge in [-0.25, -0.2) is 9.59 Å². The van der Waals surface area contributed by atoms with Crippen LogP contribution in [0, 0.1) is 0 Å². The van der Waals surface area contributed by atoms with Crippen molar-refractivity contribution in [2.24, 2.45) is 5.73 Å².